The van der Waals surface area contributed by atoms with Crippen LogP contribution in [0, 0.1) is 5.41 Å². The van der Waals surface area contributed by atoms with Gasteiger partial charge in [0.25, 0.3) is 0 Å². The smallest absolute Gasteiger partial charge is 0.320 e. The first kappa shape index (κ1) is 16.5. The van der Waals surface area contributed by atoms with Gasteiger partial charge in [0.2, 0.25) is 0 Å². The highest BCUT2D eigenvalue weighted by Gasteiger charge is 2.27. The molecule has 0 N–H and O–H groups in total. The molecule has 0 aromatic carbocycles. The number of hydrogen-bond acceptors (Lipinski definition) is 3. The Bertz CT molecular complexity index is 288. The van der Waals surface area contributed by atoms with Crippen molar-refractivity contribution in [2.75, 3.05) is 20.1 Å². The molecular weight excluding hydrogens is 238 g/mol. The molecule has 112 valence electrons. The number of carbonyl (C=O) groups excluding carboxylic acids is 1. The summed E-state index contributed by atoms with van der Waals surface area (Å²) in [5, 5.41) is 0. The molecule has 19 heavy (non-hydrogen) atoms. The minimum absolute atomic E-state index is 0.121. The van der Waals surface area contributed by atoms with Gasteiger partial charge in [-0.15, -0.1) is 0 Å². The molecule has 0 aromatic rings. The van der Waals surface area contributed by atoms with Crippen molar-refractivity contribution in [3.63, 3.8) is 0 Å². The number of hydrogen-bond donors (Lipinski definition) is 0. The quantitative estimate of drug-likeness (QED) is 0.714. The van der Waals surface area contributed by atoms with Crippen LogP contribution in [0.25, 0.3) is 0 Å². The van der Waals surface area contributed by atoms with E-state index in [-0.39, 0.29) is 11.6 Å². The van der Waals surface area contributed by atoms with Gasteiger partial charge in [-0.1, -0.05) is 26.2 Å². The van der Waals surface area contributed by atoms with Crippen molar-refractivity contribution in [2.45, 2.75) is 71.8 Å². The van der Waals surface area contributed by atoms with Crippen molar-refractivity contribution >= 4 is 5.97 Å². The lowest BCUT2D eigenvalue weighted by atomic mass is 9.73. The Kier molecular flexibility index (Phi) is 5.84. The third-order valence-electron chi connectivity index (χ3n) is 3.98. The lowest BCUT2D eigenvalue weighted by Crippen LogP contribution is -2.35. The van der Waals surface area contributed by atoms with Gasteiger partial charge in [0.1, 0.15) is 5.60 Å². The maximum Gasteiger partial charge on any atom is 0.320 e. The highest BCUT2D eigenvalue weighted by atomic mass is 16.6. The summed E-state index contributed by atoms with van der Waals surface area (Å²) >= 11 is 0. The molecule has 1 aliphatic carbocycles. The van der Waals surface area contributed by atoms with E-state index in [0.717, 1.165) is 6.54 Å². The second-order valence-corrected chi connectivity index (χ2v) is 7.45. The van der Waals surface area contributed by atoms with Gasteiger partial charge in [-0.05, 0) is 59.0 Å². The second-order valence-electron chi connectivity index (χ2n) is 7.45. The number of carbonyl (C=O) groups is 1. The van der Waals surface area contributed by atoms with Gasteiger partial charge in [0, 0.05) is 0 Å². The van der Waals surface area contributed by atoms with Crippen molar-refractivity contribution < 1.29 is 9.53 Å². The van der Waals surface area contributed by atoms with E-state index in [2.05, 4.69) is 11.8 Å². The van der Waals surface area contributed by atoms with E-state index in [0.29, 0.717) is 12.0 Å². The molecular formula is C16H31NO2. The van der Waals surface area contributed by atoms with Crippen LogP contribution in [0.3, 0.4) is 0 Å². The zero-order chi connectivity index (χ0) is 14.5. The zero-order valence-electron chi connectivity index (χ0n) is 13.4. The topological polar surface area (TPSA) is 29.5 Å². The van der Waals surface area contributed by atoms with Gasteiger partial charge in [-0.25, -0.2) is 0 Å². The average Bonchev–Trinajstić information content (AvgIpc) is 2.25. The first-order valence-electron chi connectivity index (χ1n) is 7.61. The van der Waals surface area contributed by atoms with E-state index in [4.69, 9.17) is 4.74 Å². The number of ether oxygens (including phenoxy) is 1. The Balaban J connectivity index is 2.27. The van der Waals surface area contributed by atoms with Crippen molar-refractivity contribution in [3.8, 4) is 0 Å². The van der Waals surface area contributed by atoms with Crippen LogP contribution in [-0.2, 0) is 9.53 Å². The lowest BCUT2D eigenvalue weighted by Gasteiger charge is -2.35. The van der Waals surface area contributed by atoms with Crippen LogP contribution in [0.1, 0.15) is 66.2 Å². The molecule has 0 amide bonds. The number of likely N-dealkylation sites (N-methyl/N-ethyl adjacent to an activating group) is 1. The summed E-state index contributed by atoms with van der Waals surface area (Å²) in [5.74, 6) is -0.121. The molecule has 3 heteroatoms. The highest BCUT2D eigenvalue weighted by Crippen LogP contribution is 2.38. The molecule has 3 nitrogen and oxygen atoms in total. The average molecular weight is 269 g/mol. The third kappa shape index (κ3) is 6.95. The summed E-state index contributed by atoms with van der Waals surface area (Å²) in [5.41, 5.74) is 0.105. The molecule has 0 aliphatic heterocycles. The van der Waals surface area contributed by atoms with Crippen molar-refractivity contribution in [3.05, 3.63) is 0 Å². The minimum Gasteiger partial charge on any atom is -0.459 e. The van der Waals surface area contributed by atoms with Crippen LogP contribution < -0.4 is 0 Å². The molecule has 0 bridgehead atoms. The Morgan fingerprint density at radius 3 is 2.32 bits per heavy atom. The molecule has 0 heterocycles. The molecule has 0 aromatic heterocycles. The van der Waals surface area contributed by atoms with Crippen molar-refractivity contribution in [1.82, 2.24) is 4.90 Å². The maximum atomic E-state index is 11.7. The standard InChI is InChI=1S/C16H31NO2/c1-15(2,3)19-14(18)13-17(5)12-11-16(4)9-7-6-8-10-16/h6-13H2,1-5H3. The Labute approximate surface area is 118 Å². The van der Waals surface area contributed by atoms with Crippen LogP contribution in [-0.4, -0.2) is 36.6 Å². The van der Waals surface area contributed by atoms with E-state index in [9.17, 15) is 4.79 Å². The Morgan fingerprint density at radius 1 is 1.21 bits per heavy atom. The van der Waals surface area contributed by atoms with Gasteiger partial charge in [-0.2, -0.15) is 0 Å². The molecule has 1 saturated carbocycles. The molecule has 0 atom stereocenters. The lowest BCUT2D eigenvalue weighted by molar-refractivity contribution is -0.155. The molecule has 0 saturated heterocycles. The van der Waals surface area contributed by atoms with E-state index >= 15 is 0 Å². The predicted octanol–water partition coefficient (Wildman–Crippen LogP) is 3.62. The number of nitrogens with zero attached hydrogens (tertiary/aromatic N) is 1. The molecule has 0 unspecified atom stereocenters. The molecule has 0 spiro atoms. The van der Waals surface area contributed by atoms with Crippen LogP contribution in [0.2, 0.25) is 0 Å². The number of rotatable bonds is 5. The van der Waals surface area contributed by atoms with Gasteiger partial charge in [0.05, 0.1) is 6.54 Å². The monoisotopic (exact) mass is 269 g/mol. The van der Waals surface area contributed by atoms with Gasteiger partial charge >= 0.3 is 5.97 Å². The summed E-state index contributed by atoms with van der Waals surface area (Å²) in [6.07, 6.45) is 7.99. The summed E-state index contributed by atoms with van der Waals surface area (Å²) < 4.78 is 5.34. The normalized spacial score (nSPS) is 19.5. The highest BCUT2D eigenvalue weighted by molar-refractivity contribution is 5.72. The molecule has 1 aliphatic rings. The van der Waals surface area contributed by atoms with Crippen molar-refractivity contribution in [2.24, 2.45) is 5.41 Å². The van der Waals surface area contributed by atoms with Crippen molar-refractivity contribution in [1.29, 1.82) is 0 Å². The Hall–Kier alpha value is -0.570. The van der Waals surface area contributed by atoms with E-state index in [1.54, 1.807) is 0 Å². The van der Waals surface area contributed by atoms with Gasteiger partial charge in [-0.3, -0.25) is 9.69 Å². The zero-order valence-corrected chi connectivity index (χ0v) is 13.4. The van der Waals surface area contributed by atoms with E-state index < -0.39 is 0 Å². The van der Waals surface area contributed by atoms with Crippen LogP contribution >= 0.6 is 0 Å². The Morgan fingerprint density at radius 2 is 1.79 bits per heavy atom. The molecule has 0 radical (unpaired) electrons. The summed E-state index contributed by atoms with van der Waals surface area (Å²) in [6, 6.07) is 0. The van der Waals surface area contributed by atoms with E-state index in [1.807, 2.05) is 27.8 Å². The predicted molar refractivity (Wildman–Crippen MR) is 79.2 cm³/mol. The maximum absolute atomic E-state index is 11.7. The van der Waals surface area contributed by atoms with E-state index in [1.165, 1.54) is 38.5 Å². The van der Waals surface area contributed by atoms with Gasteiger partial charge < -0.3 is 4.74 Å². The third-order valence-corrected chi connectivity index (χ3v) is 3.98. The second kappa shape index (κ2) is 6.74. The van der Waals surface area contributed by atoms with Crippen LogP contribution in [0.5, 0.6) is 0 Å². The van der Waals surface area contributed by atoms with Crippen LogP contribution in [0.4, 0.5) is 0 Å². The molecule has 1 fully saturated rings. The fourth-order valence-corrected chi connectivity index (χ4v) is 2.79. The molecule has 1 rings (SSSR count). The van der Waals surface area contributed by atoms with Crippen LogP contribution in [0.15, 0.2) is 0 Å². The first-order valence-corrected chi connectivity index (χ1v) is 7.61. The first-order chi connectivity index (χ1) is 8.70. The SMILES string of the molecule is CN(CCC1(C)CCCCC1)CC(=O)OC(C)(C)C. The summed E-state index contributed by atoms with van der Waals surface area (Å²) in [7, 11) is 2.01. The largest absolute Gasteiger partial charge is 0.459 e. The number of esters is 1. The fourth-order valence-electron chi connectivity index (χ4n) is 2.79. The fraction of sp³-hybridized carbons (Fsp3) is 0.938. The minimum atomic E-state index is -0.382. The summed E-state index contributed by atoms with van der Waals surface area (Å²) in [6.45, 7) is 9.51. The summed E-state index contributed by atoms with van der Waals surface area (Å²) in [4.78, 5) is 13.8. The van der Waals surface area contributed by atoms with Gasteiger partial charge in [0.15, 0.2) is 0 Å².